The Bertz CT molecular complexity index is 849. The zero-order valence-electron chi connectivity index (χ0n) is 14.4. The van der Waals surface area contributed by atoms with Crippen LogP contribution in [0.1, 0.15) is 17.3 Å². The number of nitrogens with one attached hydrogen (secondary N) is 1. The van der Waals surface area contributed by atoms with Crippen molar-refractivity contribution in [2.45, 2.75) is 28.9 Å². The van der Waals surface area contributed by atoms with Crippen LogP contribution in [0.2, 0.25) is 0 Å². The van der Waals surface area contributed by atoms with Crippen molar-refractivity contribution in [2.24, 2.45) is 0 Å². The number of carbonyl (C=O) groups is 1. The zero-order chi connectivity index (χ0) is 18.6. The third-order valence-electron chi connectivity index (χ3n) is 4.21. The van der Waals surface area contributed by atoms with Gasteiger partial charge in [-0.15, -0.1) is 0 Å². The van der Waals surface area contributed by atoms with Gasteiger partial charge in [0.25, 0.3) is 5.91 Å². The second-order valence-electron chi connectivity index (χ2n) is 5.95. The van der Waals surface area contributed by atoms with Crippen LogP contribution in [0.25, 0.3) is 0 Å². The first-order valence-electron chi connectivity index (χ1n) is 8.43. The molecule has 2 aromatic rings. The lowest BCUT2D eigenvalue weighted by Crippen LogP contribution is -2.43. The van der Waals surface area contributed by atoms with Gasteiger partial charge in [-0.3, -0.25) is 4.79 Å². The van der Waals surface area contributed by atoms with Crippen LogP contribution >= 0.6 is 0 Å². The van der Waals surface area contributed by atoms with Crippen molar-refractivity contribution < 1.29 is 22.7 Å². The van der Waals surface area contributed by atoms with Gasteiger partial charge in [-0.25, -0.2) is 8.42 Å². The quantitative estimate of drug-likeness (QED) is 0.836. The van der Waals surface area contributed by atoms with E-state index in [-0.39, 0.29) is 27.8 Å². The molecule has 0 unspecified atom stereocenters. The Morgan fingerprint density at radius 3 is 2.38 bits per heavy atom. The largest absolute Gasteiger partial charge is 0.376 e. The SMILES string of the molecule is CCO[C@@H]1COC[C@H]1NC(=O)c1ccc(S(=O)(=O)c2ccccc2)cc1. The first kappa shape index (κ1) is 18.6. The molecule has 2 aromatic carbocycles. The first-order valence-corrected chi connectivity index (χ1v) is 9.91. The molecule has 1 fully saturated rings. The van der Waals surface area contributed by atoms with Gasteiger partial charge < -0.3 is 14.8 Å². The molecule has 1 aliphatic heterocycles. The van der Waals surface area contributed by atoms with E-state index in [4.69, 9.17) is 9.47 Å². The van der Waals surface area contributed by atoms with E-state index in [2.05, 4.69) is 5.32 Å². The van der Waals surface area contributed by atoms with Crippen molar-refractivity contribution >= 4 is 15.7 Å². The number of rotatable bonds is 6. The topological polar surface area (TPSA) is 81.7 Å². The smallest absolute Gasteiger partial charge is 0.251 e. The maximum absolute atomic E-state index is 12.6. The molecule has 0 radical (unpaired) electrons. The number of ether oxygens (including phenoxy) is 2. The zero-order valence-corrected chi connectivity index (χ0v) is 15.2. The van der Waals surface area contributed by atoms with Crippen LogP contribution in [0.4, 0.5) is 0 Å². The van der Waals surface area contributed by atoms with Crippen molar-refractivity contribution in [3.05, 3.63) is 60.2 Å². The predicted molar refractivity (Wildman–Crippen MR) is 95.8 cm³/mol. The lowest BCUT2D eigenvalue weighted by molar-refractivity contribution is 0.0402. The van der Waals surface area contributed by atoms with E-state index in [1.807, 2.05) is 6.92 Å². The van der Waals surface area contributed by atoms with Crippen molar-refractivity contribution in [2.75, 3.05) is 19.8 Å². The summed E-state index contributed by atoms with van der Waals surface area (Å²) in [5.74, 6) is -0.283. The van der Waals surface area contributed by atoms with Crippen LogP contribution in [0.15, 0.2) is 64.4 Å². The molecule has 138 valence electrons. The van der Waals surface area contributed by atoms with Gasteiger partial charge in [-0.1, -0.05) is 18.2 Å². The Labute approximate surface area is 153 Å². The highest BCUT2D eigenvalue weighted by atomic mass is 32.2. The average molecular weight is 375 g/mol. The minimum Gasteiger partial charge on any atom is -0.376 e. The fourth-order valence-corrected chi connectivity index (χ4v) is 4.10. The Hall–Kier alpha value is -2.22. The average Bonchev–Trinajstić information content (AvgIpc) is 3.09. The summed E-state index contributed by atoms with van der Waals surface area (Å²) in [6.07, 6.45) is -0.165. The number of sulfone groups is 1. The van der Waals surface area contributed by atoms with Gasteiger partial charge in [0.05, 0.1) is 29.0 Å². The van der Waals surface area contributed by atoms with E-state index in [1.54, 1.807) is 30.3 Å². The molecule has 0 aliphatic carbocycles. The van der Waals surface area contributed by atoms with Gasteiger partial charge in [0.1, 0.15) is 6.10 Å². The van der Waals surface area contributed by atoms with Crippen LogP contribution < -0.4 is 5.32 Å². The summed E-state index contributed by atoms with van der Waals surface area (Å²) >= 11 is 0. The fourth-order valence-electron chi connectivity index (χ4n) is 2.82. The molecule has 6 nitrogen and oxygen atoms in total. The van der Waals surface area contributed by atoms with Crippen molar-refractivity contribution in [1.29, 1.82) is 0 Å². The summed E-state index contributed by atoms with van der Waals surface area (Å²) in [4.78, 5) is 12.8. The van der Waals surface area contributed by atoms with Crippen LogP contribution in [-0.2, 0) is 19.3 Å². The second kappa shape index (κ2) is 7.99. The highest BCUT2D eigenvalue weighted by Crippen LogP contribution is 2.21. The second-order valence-corrected chi connectivity index (χ2v) is 7.90. The minimum absolute atomic E-state index is 0.150. The van der Waals surface area contributed by atoms with E-state index < -0.39 is 9.84 Å². The molecule has 1 saturated heterocycles. The van der Waals surface area contributed by atoms with E-state index in [0.29, 0.717) is 25.4 Å². The molecule has 0 spiro atoms. The summed E-state index contributed by atoms with van der Waals surface area (Å²) in [5.41, 5.74) is 0.388. The normalized spacial score (nSPS) is 20.0. The van der Waals surface area contributed by atoms with Gasteiger partial charge >= 0.3 is 0 Å². The summed E-state index contributed by atoms with van der Waals surface area (Å²) in [7, 11) is -3.59. The lowest BCUT2D eigenvalue weighted by Gasteiger charge is -2.19. The number of hydrogen-bond donors (Lipinski definition) is 1. The molecule has 26 heavy (non-hydrogen) atoms. The number of benzene rings is 2. The van der Waals surface area contributed by atoms with Crippen molar-refractivity contribution in [3.63, 3.8) is 0 Å². The maximum Gasteiger partial charge on any atom is 0.251 e. The molecule has 1 heterocycles. The van der Waals surface area contributed by atoms with Gasteiger partial charge in [0, 0.05) is 12.2 Å². The fraction of sp³-hybridized carbons (Fsp3) is 0.316. The number of amides is 1. The Kier molecular flexibility index (Phi) is 5.70. The third kappa shape index (κ3) is 3.95. The lowest BCUT2D eigenvalue weighted by atomic mass is 10.1. The number of hydrogen-bond acceptors (Lipinski definition) is 5. The van der Waals surface area contributed by atoms with Crippen molar-refractivity contribution in [1.82, 2.24) is 5.32 Å². The molecular weight excluding hydrogens is 354 g/mol. The molecular formula is C19H21NO5S. The summed E-state index contributed by atoms with van der Waals surface area (Å²) in [6.45, 7) is 3.29. The molecule has 1 N–H and O–H groups in total. The third-order valence-corrected chi connectivity index (χ3v) is 5.99. The first-order chi connectivity index (χ1) is 12.5. The minimum atomic E-state index is -3.59. The van der Waals surface area contributed by atoms with E-state index in [1.165, 1.54) is 24.3 Å². The molecule has 0 saturated carbocycles. The molecule has 2 atom stereocenters. The van der Waals surface area contributed by atoms with E-state index in [0.717, 1.165) is 0 Å². The Balaban J connectivity index is 1.72. The summed E-state index contributed by atoms with van der Waals surface area (Å²) < 4.78 is 36.0. The van der Waals surface area contributed by atoms with Crippen LogP contribution in [0.5, 0.6) is 0 Å². The molecule has 0 bridgehead atoms. The maximum atomic E-state index is 12.6. The van der Waals surface area contributed by atoms with Gasteiger partial charge in [0.15, 0.2) is 0 Å². The molecule has 3 rings (SSSR count). The Morgan fingerprint density at radius 1 is 1.08 bits per heavy atom. The predicted octanol–water partition coefficient (Wildman–Crippen LogP) is 2.05. The molecule has 0 aromatic heterocycles. The van der Waals surface area contributed by atoms with Gasteiger partial charge in [0.2, 0.25) is 9.84 Å². The summed E-state index contributed by atoms with van der Waals surface area (Å²) in [5, 5.41) is 2.88. The molecule has 1 aliphatic rings. The summed E-state index contributed by atoms with van der Waals surface area (Å²) in [6, 6.07) is 13.9. The van der Waals surface area contributed by atoms with Gasteiger partial charge in [-0.05, 0) is 43.3 Å². The highest BCUT2D eigenvalue weighted by Gasteiger charge is 2.30. The van der Waals surface area contributed by atoms with Crippen LogP contribution in [0, 0.1) is 0 Å². The van der Waals surface area contributed by atoms with Crippen molar-refractivity contribution in [3.8, 4) is 0 Å². The molecule has 7 heteroatoms. The Morgan fingerprint density at radius 2 is 1.73 bits per heavy atom. The number of carbonyl (C=O) groups excluding carboxylic acids is 1. The van der Waals surface area contributed by atoms with E-state index >= 15 is 0 Å². The van der Waals surface area contributed by atoms with Gasteiger partial charge in [-0.2, -0.15) is 0 Å². The molecule has 1 amide bonds. The highest BCUT2D eigenvalue weighted by molar-refractivity contribution is 7.91. The van der Waals surface area contributed by atoms with Crippen LogP contribution in [-0.4, -0.2) is 46.3 Å². The monoisotopic (exact) mass is 375 g/mol. The van der Waals surface area contributed by atoms with Crippen LogP contribution in [0.3, 0.4) is 0 Å². The standard InChI is InChI=1S/C19H21NO5S/c1-2-25-18-13-24-12-17(18)20-19(21)14-8-10-16(11-9-14)26(22,23)15-6-4-3-5-7-15/h3-11,17-18H,2,12-13H2,1H3,(H,20,21)/t17-,18-/m1/s1. The van der Waals surface area contributed by atoms with E-state index in [9.17, 15) is 13.2 Å².